The van der Waals surface area contributed by atoms with Crippen LogP contribution in [0.2, 0.25) is 0 Å². The maximum Gasteiger partial charge on any atom is 0.208 e. The molecule has 0 aromatic heterocycles. The Hall–Kier alpha value is -0.130. The lowest BCUT2D eigenvalue weighted by Crippen LogP contribution is -2.51. The third-order valence-corrected chi connectivity index (χ3v) is 5.84. The Morgan fingerprint density at radius 1 is 1.22 bits per heavy atom. The van der Waals surface area contributed by atoms with Gasteiger partial charge in [-0.3, -0.25) is 0 Å². The number of nitrogens with one attached hydrogen (secondary N) is 2. The van der Waals surface area contributed by atoms with Gasteiger partial charge in [0.2, 0.25) is 10.0 Å². The maximum atomic E-state index is 11.0. The number of hydrogen-bond acceptors (Lipinski definition) is 3. The van der Waals surface area contributed by atoms with E-state index in [4.69, 9.17) is 0 Å². The van der Waals surface area contributed by atoms with Gasteiger partial charge < -0.3 is 5.32 Å². The minimum absolute atomic E-state index is 0.331. The van der Waals surface area contributed by atoms with Crippen LogP contribution in [0.5, 0.6) is 0 Å². The molecule has 0 radical (unpaired) electrons. The topological polar surface area (TPSA) is 58.2 Å². The van der Waals surface area contributed by atoms with Crippen molar-refractivity contribution in [2.75, 3.05) is 19.3 Å². The predicted octanol–water partition coefficient (Wildman–Crippen LogP) is 1.34. The van der Waals surface area contributed by atoms with E-state index in [9.17, 15) is 8.42 Å². The van der Waals surface area contributed by atoms with E-state index in [1.165, 1.54) is 25.5 Å². The Balaban J connectivity index is 1.89. The molecule has 0 saturated heterocycles. The quantitative estimate of drug-likeness (QED) is 0.744. The van der Waals surface area contributed by atoms with Crippen LogP contribution in [0.1, 0.15) is 40.0 Å². The molecular weight excluding hydrogens is 248 g/mol. The molecule has 5 heteroatoms. The van der Waals surface area contributed by atoms with Crippen molar-refractivity contribution in [2.24, 2.45) is 16.7 Å². The zero-order valence-electron chi connectivity index (χ0n) is 11.9. The SMILES string of the molecule is CC12CCC(C1)C(C)(C)C2NCCNS(C)(=O)=O. The van der Waals surface area contributed by atoms with Crippen molar-refractivity contribution in [3.8, 4) is 0 Å². The Kier molecular flexibility index (Phi) is 3.54. The minimum atomic E-state index is -3.06. The number of rotatable bonds is 5. The molecule has 2 aliphatic rings. The average molecular weight is 274 g/mol. The molecule has 0 aromatic rings. The second-order valence-electron chi connectivity index (χ2n) is 6.97. The molecule has 2 bridgehead atoms. The first-order valence-corrected chi connectivity index (χ1v) is 8.72. The van der Waals surface area contributed by atoms with Crippen molar-refractivity contribution in [1.29, 1.82) is 0 Å². The van der Waals surface area contributed by atoms with E-state index >= 15 is 0 Å². The van der Waals surface area contributed by atoms with Crippen LogP contribution < -0.4 is 10.0 Å². The lowest BCUT2D eigenvalue weighted by molar-refractivity contribution is 0.110. The molecule has 2 aliphatic carbocycles. The van der Waals surface area contributed by atoms with Gasteiger partial charge in [-0.25, -0.2) is 13.1 Å². The second-order valence-corrected chi connectivity index (χ2v) is 8.80. The average Bonchev–Trinajstić information content (AvgIpc) is 2.66. The maximum absolute atomic E-state index is 11.0. The van der Waals surface area contributed by atoms with Gasteiger partial charge in [0.1, 0.15) is 0 Å². The van der Waals surface area contributed by atoms with E-state index in [1.54, 1.807) is 0 Å². The monoisotopic (exact) mass is 274 g/mol. The Labute approximate surface area is 111 Å². The van der Waals surface area contributed by atoms with E-state index in [1.807, 2.05) is 0 Å². The van der Waals surface area contributed by atoms with Crippen LogP contribution in [0.3, 0.4) is 0 Å². The summed E-state index contributed by atoms with van der Waals surface area (Å²) >= 11 is 0. The Morgan fingerprint density at radius 3 is 2.39 bits per heavy atom. The van der Waals surface area contributed by atoms with Crippen LogP contribution in [0.15, 0.2) is 0 Å². The molecule has 3 unspecified atom stereocenters. The molecule has 2 N–H and O–H groups in total. The highest BCUT2D eigenvalue weighted by Gasteiger charge is 2.58. The highest BCUT2D eigenvalue weighted by Crippen LogP contribution is 2.62. The molecule has 0 amide bonds. The van der Waals surface area contributed by atoms with E-state index in [0.29, 0.717) is 30.0 Å². The van der Waals surface area contributed by atoms with E-state index < -0.39 is 10.0 Å². The third kappa shape index (κ3) is 2.58. The lowest BCUT2D eigenvalue weighted by atomic mass is 9.68. The summed E-state index contributed by atoms with van der Waals surface area (Å²) in [5.74, 6) is 0.822. The first-order valence-electron chi connectivity index (χ1n) is 6.83. The van der Waals surface area contributed by atoms with Crippen molar-refractivity contribution in [3.63, 3.8) is 0 Å². The summed E-state index contributed by atoms with van der Waals surface area (Å²) in [4.78, 5) is 0. The fourth-order valence-corrected chi connectivity index (χ4v) is 4.74. The minimum Gasteiger partial charge on any atom is -0.312 e. The molecule has 4 nitrogen and oxygen atoms in total. The largest absolute Gasteiger partial charge is 0.312 e. The van der Waals surface area contributed by atoms with E-state index in [0.717, 1.165) is 5.92 Å². The van der Waals surface area contributed by atoms with Crippen LogP contribution in [0.25, 0.3) is 0 Å². The summed E-state index contributed by atoms with van der Waals surface area (Å²) in [6.45, 7) is 8.27. The fraction of sp³-hybridized carbons (Fsp3) is 1.00. The van der Waals surface area contributed by atoms with Gasteiger partial charge in [-0.05, 0) is 36.0 Å². The molecule has 18 heavy (non-hydrogen) atoms. The van der Waals surface area contributed by atoms with Gasteiger partial charge in [0.05, 0.1) is 6.26 Å². The highest BCUT2D eigenvalue weighted by molar-refractivity contribution is 7.88. The smallest absolute Gasteiger partial charge is 0.208 e. The molecule has 0 heterocycles. The molecule has 3 atom stereocenters. The van der Waals surface area contributed by atoms with E-state index in [-0.39, 0.29) is 0 Å². The normalized spacial score (nSPS) is 38.2. The van der Waals surface area contributed by atoms with Gasteiger partial charge in [0.25, 0.3) is 0 Å². The standard InChI is InChI=1S/C13H26N2O2S/c1-12(2)10-5-6-13(3,9-10)11(12)14-7-8-15-18(4,16)17/h10-11,14-15H,5-9H2,1-4H3. The molecule has 2 rings (SSSR count). The van der Waals surface area contributed by atoms with Crippen molar-refractivity contribution in [1.82, 2.24) is 10.0 Å². The van der Waals surface area contributed by atoms with Crippen LogP contribution in [-0.2, 0) is 10.0 Å². The zero-order valence-corrected chi connectivity index (χ0v) is 12.7. The summed E-state index contributed by atoms with van der Waals surface area (Å²) in [5, 5.41) is 3.59. The Morgan fingerprint density at radius 2 is 1.89 bits per heavy atom. The first-order chi connectivity index (χ1) is 8.15. The molecular formula is C13H26N2O2S. The van der Waals surface area contributed by atoms with Gasteiger partial charge in [0.15, 0.2) is 0 Å². The highest BCUT2D eigenvalue weighted by atomic mass is 32.2. The third-order valence-electron chi connectivity index (χ3n) is 5.11. The van der Waals surface area contributed by atoms with Crippen molar-refractivity contribution >= 4 is 10.0 Å². The summed E-state index contributed by atoms with van der Waals surface area (Å²) in [6.07, 6.45) is 5.18. The molecule has 2 fully saturated rings. The lowest BCUT2D eigenvalue weighted by Gasteiger charge is -2.43. The van der Waals surface area contributed by atoms with Gasteiger partial charge in [-0.15, -0.1) is 0 Å². The number of fused-ring (bicyclic) bond motifs is 2. The molecule has 0 aliphatic heterocycles. The predicted molar refractivity (Wildman–Crippen MR) is 73.9 cm³/mol. The summed E-state index contributed by atoms with van der Waals surface area (Å²) in [6, 6.07) is 0.505. The van der Waals surface area contributed by atoms with Crippen LogP contribution in [0, 0.1) is 16.7 Å². The zero-order chi connectivity index (χ0) is 13.6. The van der Waals surface area contributed by atoms with Crippen molar-refractivity contribution < 1.29 is 8.42 Å². The summed E-state index contributed by atoms with van der Waals surface area (Å²) < 4.78 is 24.6. The number of sulfonamides is 1. The number of hydrogen-bond donors (Lipinski definition) is 2. The second kappa shape index (κ2) is 4.46. The fourth-order valence-electron chi connectivity index (χ4n) is 4.26. The molecule has 2 saturated carbocycles. The Bertz CT molecular complexity index is 414. The van der Waals surface area contributed by atoms with Gasteiger partial charge >= 0.3 is 0 Å². The van der Waals surface area contributed by atoms with Crippen LogP contribution >= 0.6 is 0 Å². The van der Waals surface area contributed by atoms with Crippen LogP contribution in [-0.4, -0.2) is 33.8 Å². The van der Waals surface area contributed by atoms with Gasteiger partial charge in [0, 0.05) is 19.1 Å². The van der Waals surface area contributed by atoms with Gasteiger partial charge in [-0.1, -0.05) is 20.8 Å². The molecule has 0 aromatic carbocycles. The van der Waals surface area contributed by atoms with Crippen molar-refractivity contribution in [3.05, 3.63) is 0 Å². The molecule has 0 spiro atoms. The van der Waals surface area contributed by atoms with Crippen LogP contribution in [0.4, 0.5) is 0 Å². The van der Waals surface area contributed by atoms with Crippen molar-refractivity contribution in [2.45, 2.75) is 46.1 Å². The van der Waals surface area contributed by atoms with E-state index in [2.05, 4.69) is 30.8 Å². The summed E-state index contributed by atoms with van der Waals surface area (Å²) in [7, 11) is -3.06. The summed E-state index contributed by atoms with van der Waals surface area (Å²) in [5.41, 5.74) is 0.733. The first kappa shape index (κ1) is 14.3. The van der Waals surface area contributed by atoms with Gasteiger partial charge in [-0.2, -0.15) is 0 Å². The molecule has 106 valence electrons.